The molecule has 5 aliphatic rings. The van der Waals surface area contributed by atoms with Crippen LogP contribution in [0.25, 0.3) is 0 Å². The van der Waals surface area contributed by atoms with Crippen molar-refractivity contribution in [2.75, 3.05) is 0 Å². The lowest BCUT2D eigenvalue weighted by molar-refractivity contribution is -0.160. The topological polar surface area (TPSA) is 56.5 Å². The van der Waals surface area contributed by atoms with Crippen LogP contribution in [0.4, 0.5) is 0 Å². The molecular weight excluding hydrogens is 400 g/mol. The second-order valence-electron chi connectivity index (χ2n) is 12.3. The number of hydrogen-bond donors (Lipinski definition) is 0. The lowest BCUT2D eigenvalue weighted by Gasteiger charge is -2.59. The van der Waals surface area contributed by atoms with Crippen molar-refractivity contribution in [2.24, 2.45) is 40.4 Å². The summed E-state index contributed by atoms with van der Waals surface area (Å²) in [4.78, 5) is 24.5. The van der Waals surface area contributed by atoms with E-state index >= 15 is 0 Å². The Hall–Kier alpha value is -1.58. The van der Waals surface area contributed by atoms with Crippen molar-refractivity contribution >= 4 is 11.8 Å². The molecule has 0 spiro atoms. The summed E-state index contributed by atoms with van der Waals surface area (Å²) in [7, 11) is 0. The highest BCUT2D eigenvalue weighted by molar-refractivity contribution is 5.96. The van der Waals surface area contributed by atoms with E-state index in [1.165, 1.54) is 44.1 Å². The summed E-state index contributed by atoms with van der Waals surface area (Å²) in [5, 5.41) is 0. The van der Waals surface area contributed by atoms with Gasteiger partial charge in [-0.05, 0) is 98.5 Å². The zero-order valence-corrected chi connectivity index (χ0v) is 20.0. The van der Waals surface area contributed by atoms with E-state index in [-0.39, 0.29) is 34.6 Å². The number of furan rings is 1. The van der Waals surface area contributed by atoms with Crippen LogP contribution in [-0.4, -0.2) is 17.9 Å². The Kier molecular flexibility index (Phi) is 4.73. The van der Waals surface area contributed by atoms with Gasteiger partial charge >= 0.3 is 5.97 Å². The fraction of sp³-hybridized carbons (Fsp3) is 0.786. The predicted octanol–water partition coefficient (Wildman–Crippen LogP) is 6.15. The number of esters is 1. The first-order valence-corrected chi connectivity index (χ1v) is 13.1. The van der Waals surface area contributed by atoms with Gasteiger partial charge in [-0.15, -0.1) is 0 Å². The first-order chi connectivity index (χ1) is 15.3. The lowest BCUT2D eigenvalue weighted by atomic mass is 9.45. The van der Waals surface area contributed by atoms with E-state index in [1.807, 2.05) is 0 Å². The minimum absolute atomic E-state index is 0.100. The molecule has 4 fully saturated rings. The van der Waals surface area contributed by atoms with Crippen molar-refractivity contribution in [1.82, 2.24) is 0 Å². The SMILES string of the molecule is CC(=O)O[C@H]1CC[C@H]2[C@@H]3CC[C@H]4Cc5oc(C(=O)C6CCC6)cc5C[C@]4(C)[C@H]3CC[C@]12C. The average molecular weight is 439 g/mol. The zero-order chi connectivity index (χ0) is 22.3. The Bertz CT molecular complexity index is 941. The summed E-state index contributed by atoms with van der Waals surface area (Å²) in [6, 6.07) is 2.11. The van der Waals surface area contributed by atoms with E-state index in [1.54, 1.807) is 6.92 Å². The minimum Gasteiger partial charge on any atom is -0.462 e. The van der Waals surface area contributed by atoms with Gasteiger partial charge in [-0.2, -0.15) is 0 Å². The number of ketones is 1. The standard InChI is InChI=1S/C28H38O4/c1-16(29)31-25-10-9-21-20-8-7-19-14-23-18(13-24(32-23)26(30)17-5-4-6-17)15-28(19,3)22(20)11-12-27(21,25)2/h13,17,19-22,25H,4-12,14-15H2,1-3H3/t19-,20-,21-,22-,25-,27-,28-/m0/s1. The largest absolute Gasteiger partial charge is 0.462 e. The highest BCUT2D eigenvalue weighted by Gasteiger charge is 2.61. The number of hydrogen-bond acceptors (Lipinski definition) is 4. The summed E-state index contributed by atoms with van der Waals surface area (Å²) in [6.45, 7) is 6.50. The third-order valence-electron chi connectivity index (χ3n) is 10.9. The molecule has 0 bridgehead atoms. The van der Waals surface area contributed by atoms with Crippen LogP contribution in [0.15, 0.2) is 10.5 Å². The molecule has 0 radical (unpaired) electrons. The van der Waals surface area contributed by atoms with Crippen molar-refractivity contribution in [3.63, 3.8) is 0 Å². The molecule has 32 heavy (non-hydrogen) atoms. The van der Waals surface area contributed by atoms with E-state index in [9.17, 15) is 9.59 Å². The van der Waals surface area contributed by atoms with E-state index in [2.05, 4.69) is 19.9 Å². The Morgan fingerprint density at radius 3 is 2.50 bits per heavy atom. The van der Waals surface area contributed by atoms with Crippen molar-refractivity contribution in [3.8, 4) is 0 Å². The summed E-state index contributed by atoms with van der Waals surface area (Å²) >= 11 is 0. The number of Topliss-reactive ketones (excluding diaryl/α,β-unsaturated/α-hetero) is 1. The maximum absolute atomic E-state index is 12.8. The second-order valence-corrected chi connectivity index (χ2v) is 12.3. The Labute approximate surface area is 191 Å². The maximum atomic E-state index is 12.8. The van der Waals surface area contributed by atoms with Gasteiger partial charge in [0.1, 0.15) is 11.9 Å². The molecule has 0 unspecified atom stereocenters. The molecule has 1 aromatic rings. The summed E-state index contributed by atoms with van der Waals surface area (Å²) < 4.78 is 12.0. The van der Waals surface area contributed by atoms with Crippen LogP contribution < -0.4 is 0 Å². The van der Waals surface area contributed by atoms with Crippen LogP contribution in [0.1, 0.15) is 100 Å². The van der Waals surface area contributed by atoms with Gasteiger partial charge in [0.25, 0.3) is 0 Å². The first-order valence-electron chi connectivity index (χ1n) is 13.1. The van der Waals surface area contributed by atoms with Gasteiger partial charge in [0.05, 0.1) is 0 Å². The Morgan fingerprint density at radius 1 is 1.00 bits per heavy atom. The maximum Gasteiger partial charge on any atom is 0.302 e. The molecule has 7 atom stereocenters. The van der Waals surface area contributed by atoms with E-state index < -0.39 is 0 Å². The smallest absolute Gasteiger partial charge is 0.302 e. The third kappa shape index (κ3) is 2.93. The molecule has 0 amide bonds. The molecule has 4 nitrogen and oxygen atoms in total. The van der Waals surface area contributed by atoms with Crippen LogP contribution in [-0.2, 0) is 22.4 Å². The van der Waals surface area contributed by atoms with Gasteiger partial charge in [-0.25, -0.2) is 0 Å². The van der Waals surface area contributed by atoms with E-state index in [0.29, 0.717) is 17.6 Å². The van der Waals surface area contributed by atoms with Crippen LogP contribution in [0.5, 0.6) is 0 Å². The van der Waals surface area contributed by atoms with Gasteiger partial charge in [0.15, 0.2) is 5.76 Å². The Balaban J connectivity index is 1.26. The Morgan fingerprint density at radius 2 is 1.78 bits per heavy atom. The number of ether oxygens (including phenoxy) is 1. The van der Waals surface area contributed by atoms with Crippen LogP contribution in [0, 0.1) is 40.4 Å². The molecule has 5 aliphatic carbocycles. The van der Waals surface area contributed by atoms with Crippen molar-refractivity contribution in [1.29, 1.82) is 0 Å². The van der Waals surface area contributed by atoms with Crippen molar-refractivity contribution in [2.45, 2.75) is 97.5 Å². The first kappa shape index (κ1) is 21.0. The number of rotatable bonds is 3. The second kappa shape index (κ2) is 7.21. The van der Waals surface area contributed by atoms with Gasteiger partial charge in [-0.1, -0.05) is 20.3 Å². The highest BCUT2D eigenvalue weighted by Crippen LogP contribution is 2.66. The van der Waals surface area contributed by atoms with Crippen molar-refractivity contribution < 1.29 is 18.7 Å². The number of fused-ring (bicyclic) bond motifs is 6. The molecule has 174 valence electrons. The molecule has 4 saturated carbocycles. The highest BCUT2D eigenvalue weighted by atomic mass is 16.5. The van der Waals surface area contributed by atoms with Crippen LogP contribution in [0.2, 0.25) is 0 Å². The lowest BCUT2D eigenvalue weighted by Crippen LogP contribution is -2.54. The third-order valence-corrected chi connectivity index (χ3v) is 10.9. The summed E-state index contributed by atoms with van der Waals surface area (Å²) in [6.07, 6.45) is 12.6. The molecule has 6 rings (SSSR count). The number of carbonyl (C=O) groups is 2. The van der Waals surface area contributed by atoms with Gasteiger partial charge in [-0.3, -0.25) is 9.59 Å². The van der Waals surface area contributed by atoms with Gasteiger partial charge < -0.3 is 9.15 Å². The molecule has 0 N–H and O–H groups in total. The average Bonchev–Trinajstić information content (AvgIpc) is 3.24. The molecule has 4 heteroatoms. The van der Waals surface area contributed by atoms with Gasteiger partial charge in [0.2, 0.25) is 5.78 Å². The monoisotopic (exact) mass is 438 g/mol. The number of carbonyl (C=O) groups excluding carboxylic acids is 2. The van der Waals surface area contributed by atoms with Gasteiger partial charge in [0, 0.05) is 24.7 Å². The summed E-state index contributed by atoms with van der Waals surface area (Å²) in [5.41, 5.74) is 1.75. The zero-order valence-electron chi connectivity index (χ0n) is 20.0. The van der Waals surface area contributed by atoms with E-state index in [4.69, 9.17) is 9.15 Å². The molecule has 0 saturated heterocycles. The van der Waals surface area contributed by atoms with E-state index in [0.717, 1.165) is 49.7 Å². The molecule has 0 aromatic carbocycles. The predicted molar refractivity (Wildman–Crippen MR) is 121 cm³/mol. The quantitative estimate of drug-likeness (QED) is 0.419. The van der Waals surface area contributed by atoms with Crippen LogP contribution >= 0.6 is 0 Å². The molecule has 0 aliphatic heterocycles. The minimum atomic E-state index is -0.123. The fourth-order valence-corrected chi connectivity index (χ4v) is 8.91. The van der Waals surface area contributed by atoms with Crippen molar-refractivity contribution in [3.05, 3.63) is 23.2 Å². The molecule has 1 heterocycles. The summed E-state index contributed by atoms with van der Waals surface area (Å²) in [5.74, 6) is 4.85. The fourth-order valence-electron chi connectivity index (χ4n) is 8.91. The normalized spacial score (nSPS) is 42.8. The molecular formula is C28H38O4. The molecule has 1 aromatic heterocycles. The van der Waals surface area contributed by atoms with Crippen LogP contribution in [0.3, 0.4) is 0 Å².